The summed E-state index contributed by atoms with van der Waals surface area (Å²) in [6.45, 7) is 2.89. The zero-order chi connectivity index (χ0) is 12.3. The highest BCUT2D eigenvalue weighted by Crippen LogP contribution is 2.29. The molecule has 0 amide bonds. The lowest BCUT2D eigenvalue weighted by Gasteiger charge is -2.07. The second kappa shape index (κ2) is 4.78. The van der Waals surface area contributed by atoms with Crippen molar-refractivity contribution in [3.63, 3.8) is 0 Å². The van der Waals surface area contributed by atoms with Gasteiger partial charge in [-0.1, -0.05) is 6.92 Å². The van der Waals surface area contributed by atoms with Crippen LogP contribution in [0.3, 0.4) is 0 Å². The Morgan fingerprint density at radius 3 is 2.94 bits per heavy atom. The molecule has 0 unspecified atom stereocenters. The Bertz CT molecular complexity index is 554. The SMILES string of the molecule is CCCNc1ccc([N+](=O)[O-])c2cccnc12. The Balaban J connectivity index is 2.58. The van der Waals surface area contributed by atoms with Crippen molar-refractivity contribution in [2.75, 3.05) is 11.9 Å². The van der Waals surface area contributed by atoms with Crippen LogP contribution < -0.4 is 5.32 Å². The highest BCUT2D eigenvalue weighted by atomic mass is 16.6. The number of non-ortho nitro benzene ring substituents is 1. The van der Waals surface area contributed by atoms with Gasteiger partial charge in [0.25, 0.3) is 5.69 Å². The molecule has 5 nitrogen and oxygen atoms in total. The van der Waals surface area contributed by atoms with E-state index in [9.17, 15) is 10.1 Å². The Labute approximate surface area is 98.6 Å². The second-order valence-electron chi connectivity index (χ2n) is 3.72. The molecule has 2 aromatic rings. The minimum Gasteiger partial charge on any atom is -0.383 e. The number of pyridine rings is 1. The summed E-state index contributed by atoms with van der Waals surface area (Å²) in [7, 11) is 0. The van der Waals surface area contributed by atoms with Crippen LogP contribution in [0.1, 0.15) is 13.3 Å². The summed E-state index contributed by atoms with van der Waals surface area (Å²) < 4.78 is 0. The number of anilines is 1. The largest absolute Gasteiger partial charge is 0.383 e. The van der Waals surface area contributed by atoms with Crippen LogP contribution in [0.15, 0.2) is 30.5 Å². The van der Waals surface area contributed by atoms with Gasteiger partial charge in [0.05, 0.1) is 16.0 Å². The zero-order valence-electron chi connectivity index (χ0n) is 9.51. The van der Waals surface area contributed by atoms with E-state index in [1.165, 1.54) is 6.07 Å². The fourth-order valence-electron chi connectivity index (χ4n) is 1.72. The number of hydrogen-bond acceptors (Lipinski definition) is 4. The van der Waals surface area contributed by atoms with E-state index in [1.54, 1.807) is 24.4 Å². The average Bonchev–Trinajstić information content (AvgIpc) is 2.35. The van der Waals surface area contributed by atoms with Crippen molar-refractivity contribution in [1.29, 1.82) is 0 Å². The van der Waals surface area contributed by atoms with Crippen molar-refractivity contribution in [2.24, 2.45) is 0 Å². The van der Waals surface area contributed by atoms with Crippen molar-refractivity contribution in [3.8, 4) is 0 Å². The molecule has 0 saturated carbocycles. The molecule has 0 fully saturated rings. The van der Waals surface area contributed by atoms with Crippen molar-refractivity contribution in [2.45, 2.75) is 13.3 Å². The third kappa shape index (κ3) is 2.18. The third-order valence-corrected chi connectivity index (χ3v) is 2.51. The van der Waals surface area contributed by atoms with Gasteiger partial charge in [-0.25, -0.2) is 0 Å². The maximum absolute atomic E-state index is 10.9. The summed E-state index contributed by atoms with van der Waals surface area (Å²) in [5, 5.41) is 14.7. The molecule has 0 spiro atoms. The van der Waals surface area contributed by atoms with E-state index in [1.807, 2.05) is 0 Å². The lowest BCUT2D eigenvalue weighted by Crippen LogP contribution is -2.01. The van der Waals surface area contributed by atoms with Crippen LogP contribution in [0.5, 0.6) is 0 Å². The maximum Gasteiger partial charge on any atom is 0.278 e. The first-order chi connectivity index (χ1) is 8.24. The number of nitrogens with zero attached hydrogens (tertiary/aromatic N) is 2. The van der Waals surface area contributed by atoms with Gasteiger partial charge in [0.1, 0.15) is 5.52 Å². The Morgan fingerprint density at radius 1 is 1.41 bits per heavy atom. The number of nitro groups is 1. The number of hydrogen-bond donors (Lipinski definition) is 1. The summed E-state index contributed by atoms with van der Waals surface area (Å²) in [4.78, 5) is 14.7. The first-order valence-electron chi connectivity index (χ1n) is 5.50. The van der Waals surface area contributed by atoms with Gasteiger partial charge >= 0.3 is 0 Å². The van der Waals surface area contributed by atoms with Gasteiger partial charge in [0.2, 0.25) is 0 Å². The van der Waals surface area contributed by atoms with Crippen molar-refractivity contribution >= 4 is 22.3 Å². The molecular formula is C12H13N3O2. The Kier molecular flexibility index (Phi) is 3.18. The molecule has 1 N–H and O–H groups in total. The molecule has 1 aromatic heterocycles. The van der Waals surface area contributed by atoms with Crippen LogP contribution in [0.4, 0.5) is 11.4 Å². The van der Waals surface area contributed by atoms with Crippen LogP contribution in [0.25, 0.3) is 10.9 Å². The standard InChI is InChI=1S/C12H13N3O2/c1-2-7-13-10-5-6-11(15(16)17)9-4-3-8-14-12(9)10/h3-6,8,13H,2,7H2,1H3. The van der Waals surface area contributed by atoms with Gasteiger partial charge in [-0.05, 0) is 24.6 Å². The predicted molar refractivity (Wildman–Crippen MR) is 67.2 cm³/mol. The van der Waals surface area contributed by atoms with Gasteiger partial charge in [-0.15, -0.1) is 0 Å². The molecule has 0 aliphatic carbocycles. The molecule has 0 saturated heterocycles. The first-order valence-corrected chi connectivity index (χ1v) is 5.50. The smallest absolute Gasteiger partial charge is 0.278 e. The quantitative estimate of drug-likeness (QED) is 0.648. The first kappa shape index (κ1) is 11.3. The summed E-state index contributed by atoms with van der Waals surface area (Å²) in [5.74, 6) is 0. The number of fused-ring (bicyclic) bond motifs is 1. The molecule has 5 heteroatoms. The number of nitro benzene ring substituents is 1. The Hall–Kier alpha value is -2.17. The van der Waals surface area contributed by atoms with Gasteiger partial charge in [-0.2, -0.15) is 0 Å². The van der Waals surface area contributed by atoms with Crippen molar-refractivity contribution in [1.82, 2.24) is 4.98 Å². The van der Waals surface area contributed by atoms with Crippen LogP contribution >= 0.6 is 0 Å². The summed E-state index contributed by atoms with van der Waals surface area (Å²) in [6.07, 6.45) is 2.63. The van der Waals surface area contributed by atoms with Crippen LogP contribution in [0.2, 0.25) is 0 Å². The molecule has 1 heterocycles. The van der Waals surface area contributed by atoms with Crippen LogP contribution in [-0.4, -0.2) is 16.5 Å². The van der Waals surface area contributed by atoms with Crippen LogP contribution in [-0.2, 0) is 0 Å². The topological polar surface area (TPSA) is 68.1 Å². The number of nitrogens with one attached hydrogen (secondary N) is 1. The molecule has 2 rings (SSSR count). The molecule has 0 atom stereocenters. The number of benzene rings is 1. The number of rotatable bonds is 4. The van der Waals surface area contributed by atoms with E-state index < -0.39 is 0 Å². The van der Waals surface area contributed by atoms with E-state index in [0.29, 0.717) is 10.9 Å². The highest BCUT2D eigenvalue weighted by Gasteiger charge is 2.14. The van der Waals surface area contributed by atoms with Gasteiger partial charge in [0, 0.05) is 18.8 Å². The van der Waals surface area contributed by atoms with E-state index in [-0.39, 0.29) is 10.6 Å². The molecule has 0 bridgehead atoms. The van der Waals surface area contributed by atoms with Gasteiger partial charge < -0.3 is 5.32 Å². The lowest BCUT2D eigenvalue weighted by molar-refractivity contribution is -0.383. The highest BCUT2D eigenvalue weighted by molar-refractivity contribution is 5.96. The monoisotopic (exact) mass is 231 g/mol. The summed E-state index contributed by atoms with van der Waals surface area (Å²) in [5.41, 5.74) is 1.58. The summed E-state index contributed by atoms with van der Waals surface area (Å²) >= 11 is 0. The zero-order valence-corrected chi connectivity index (χ0v) is 9.51. The van der Waals surface area contributed by atoms with Gasteiger partial charge in [-0.3, -0.25) is 15.1 Å². The Morgan fingerprint density at radius 2 is 2.24 bits per heavy atom. The molecule has 0 radical (unpaired) electrons. The molecule has 0 aliphatic rings. The number of aromatic nitrogens is 1. The van der Waals surface area contributed by atoms with E-state index in [0.717, 1.165) is 18.7 Å². The van der Waals surface area contributed by atoms with Gasteiger partial charge in [0.15, 0.2) is 0 Å². The minimum absolute atomic E-state index is 0.0927. The maximum atomic E-state index is 10.9. The molecule has 1 aromatic carbocycles. The predicted octanol–water partition coefficient (Wildman–Crippen LogP) is 2.96. The van der Waals surface area contributed by atoms with E-state index in [4.69, 9.17) is 0 Å². The fourth-order valence-corrected chi connectivity index (χ4v) is 1.72. The van der Waals surface area contributed by atoms with Crippen LogP contribution in [0, 0.1) is 10.1 Å². The fraction of sp³-hybridized carbons (Fsp3) is 0.250. The normalized spacial score (nSPS) is 10.4. The van der Waals surface area contributed by atoms with Crippen molar-refractivity contribution < 1.29 is 4.92 Å². The molecule has 88 valence electrons. The van der Waals surface area contributed by atoms with E-state index in [2.05, 4.69) is 17.2 Å². The molecule has 17 heavy (non-hydrogen) atoms. The summed E-state index contributed by atoms with van der Waals surface area (Å²) in [6, 6.07) is 6.65. The molecular weight excluding hydrogens is 218 g/mol. The van der Waals surface area contributed by atoms with E-state index >= 15 is 0 Å². The average molecular weight is 231 g/mol. The minimum atomic E-state index is -0.381. The lowest BCUT2D eigenvalue weighted by atomic mass is 10.1. The third-order valence-electron chi connectivity index (χ3n) is 2.51. The molecule has 0 aliphatic heterocycles. The second-order valence-corrected chi connectivity index (χ2v) is 3.72. The van der Waals surface area contributed by atoms with Crippen molar-refractivity contribution in [3.05, 3.63) is 40.6 Å².